The molecule has 0 saturated carbocycles. The van der Waals surface area contributed by atoms with Crippen LogP contribution in [0.25, 0.3) is 5.43 Å². The largest absolute Gasteiger partial charge is 1.00 e. The molecular weight excluding hydrogens is 285 g/mol. The molecule has 2 N–H and O–H groups in total. The third-order valence-electron chi connectivity index (χ3n) is 1.55. The molecule has 0 aliphatic carbocycles. The second-order valence-corrected chi connectivity index (χ2v) is 3.18. The average Bonchev–Trinajstić information content (AvgIpc) is 2.46. The van der Waals surface area contributed by atoms with Crippen LogP contribution in [0, 0.1) is 6.92 Å². The van der Waals surface area contributed by atoms with Gasteiger partial charge >= 0.3 is 51.4 Å². The smallest absolute Gasteiger partial charge is 0.619 e. The number of nitrogens with zero attached hydrogens (tertiary/aromatic N) is 2. The molecule has 15 heavy (non-hydrogen) atoms. The summed E-state index contributed by atoms with van der Waals surface area (Å²) >= 11 is 3.26. The van der Waals surface area contributed by atoms with Crippen LogP contribution in [0.4, 0.5) is 0 Å². The van der Waals surface area contributed by atoms with E-state index in [4.69, 9.17) is 5.73 Å². The van der Waals surface area contributed by atoms with E-state index in [0.717, 1.165) is 5.56 Å². The van der Waals surface area contributed by atoms with E-state index in [1.807, 2.05) is 20.8 Å². The Labute approximate surface area is 141 Å². The van der Waals surface area contributed by atoms with Gasteiger partial charge < -0.3 is 15.8 Å². The van der Waals surface area contributed by atoms with Crippen LogP contribution in [0.5, 0.6) is 0 Å². The molecule has 1 heterocycles. The van der Waals surface area contributed by atoms with Crippen molar-refractivity contribution in [3.8, 4) is 0 Å². The number of aromatic nitrogens is 1. The third kappa shape index (κ3) is 4.58. The first-order valence-electron chi connectivity index (χ1n) is 4.35. The summed E-state index contributed by atoms with van der Waals surface area (Å²) in [6.07, 6.45) is 1.74. The van der Waals surface area contributed by atoms with E-state index < -0.39 is 5.91 Å². The standard InChI is InChI=1S/C7H9BrN3O.C2H6.K/c1-4-3-11(10-2)6(5(4)8)7(9)12;1-2;/h3H,1-2H3,(H2,9,12);1-2H3;/q-1;;+1. The summed E-state index contributed by atoms with van der Waals surface area (Å²) in [4.78, 5) is 10.9. The molecule has 0 spiro atoms. The van der Waals surface area contributed by atoms with Gasteiger partial charge in [-0.2, -0.15) is 0 Å². The molecule has 80 valence electrons. The van der Waals surface area contributed by atoms with Gasteiger partial charge in [-0.25, -0.2) is 0 Å². The Kier molecular flexibility index (Phi) is 10.6. The topological polar surface area (TPSA) is 62.1 Å². The number of nitrogens with two attached hydrogens (primary N) is 1. The maximum Gasteiger partial charge on any atom is 1.00 e. The van der Waals surface area contributed by atoms with Gasteiger partial charge in [0.2, 0.25) is 0 Å². The number of halogens is 1. The fourth-order valence-electron chi connectivity index (χ4n) is 0.971. The summed E-state index contributed by atoms with van der Waals surface area (Å²) in [6, 6.07) is 0. The van der Waals surface area contributed by atoms with Crippen LogP contribution < -0.4 is 57.1 Å². The molecule has 0 aliphatic rings. The molecular formula is C9H15BrKN3O. The summed E-state index contributed by atoms with van der Waals surface area (Å²) in [5.74, 6) is -0.486. The van der Waals surface area contributed by atoms with Gasteiger partial charge in [0.25, 0.3) is 5.91 Å². The Balaban J connectivity index is 0. The first-order valence-corrected chi connectivity index (χ1v) is 5.14. The summed E-state index contributed by atoms with van der Waals surface area (Å²) in [5.41, 5.74) is 10.3. The molecule has 6 heteroatoms. The molecule has 0 aliphatic heterocycles. The zero-order chi connectivity index (χ0) is 11.3. The predicted molar refractivity (Wildman–Crippen MR) is 61.4 cm³/mol. The van der Waals surface area contributed by atoms with E-state index in [1.165, 1.54) is 4.68 Å². The third-order valence-corrected chi connectivity index (χ3v) is 2.55. The zero-order valence-electron chi connectivity index (χ0n) is 9.84. The average molecular weight is 300 g/mol. The molecule has 0 atom stereocenters. The van der Waals surface area contributed by atoms with Gasteiger partial charge in [-0.3, -0.25) is 4.79 Å². The van der Waals surface area contributed by atoms with Gasteiger partial charge in [0.1, 0.15) is 5.69 Å². The fourth-order valence-corrected chi connectivity index (χ4v) is 1.45. The van der Waals surface area contributed by atoms with Crippen molar-refractivity contribution in [1.82, 2.24) is 4.68 Å². The van der Waals surface area contributed by atoms with Crippen LogP contribution in [0.2, 0.25) is 0 Å². The number of hydrogen-bond donors (Lipinski definition) is 1. The normalized spacial score (nSPS) is 8.33. The van der Waals surface area contributed by atoms with Crippen molar-refractivity contribution < 1.29 is 56.2 Å². The minimum Gasteiger partial charge on any atom is -0.619 e. The second-order valence-electron chi connectivity index (χ2n) is 2.38. The summed E-state index contributed by atoms with van der Waals surface area (Å²) in [5, 5.41) is 0. The first kappa shape index (κ1) is 18.0. The van der Waals surface area contributed by atoms with E-state index in [-0.39, 0.29) is 51.4 Å². The molecule has 1 amide bonds. The van der Waals surface area contributed by atoms with Crippen molar-refractivity contribution in [2.75, 3.05) is 7.05 Å². The van der Waals surface area contributed by atoms with Crippen LogP contribution in [0.1, 0.15) is 29.9 Å². The van der Waals surface area contributed by atoms with Crippen molar-refractivity contribution in [2.45, 2.75) is 20.8 Å². The molecule has 0 bridgehead atoms. The maximum atomic E-state index is 10.9. The number of rotatable bonds is 2. The number of hydrogen-bond acceptors (Lipinski definition) is 1. The molecule has 0 unspecified atom stereocenters. The summed E-state index contributed by atoms with van der Waals surface area (Å²) in [7, 11) is 1.60. The number of carbonyl (C=O) groups excluding carboxylic acids is 1. The minimum absolute atomic E-state index is 0. The van der Waals surface area contributed by atoms with E-state index >= 15 is 0 Å². The van der Waals surface area contributed by atoms with Gasteiger partial charge in [0, 0.05) is 0 Å². The minimum atomic E-state index is -0.486. The van der Waals surface area contributed by atoms with Crippen LogP contribution in [0.15, 0.2) is 10.7 Å². The van der Waals surface area contributed by atoms with Gasteiger partial charge in [-0.05, 0) is 34.6 Å². The Hall–Kier alpha value is 0.666. The Morgan fingerprint density at radius 1 is 1.53 bits per heavy atom. The first-order chi connectivity index (χ1) is 6.57. The maximum absolute atomic E-state index is 10.9. The molecule has 4 nitrogen and oxygen atoms in total. The Morgan fingerprint density at radius 2 is 2.00 bits per heavy atom. The van der Waals surface area contributed by atoms with Crippen LogP contribution >= 0.6 is 15.9 Å². The SMILES string of the molecule is CC.C[N-]n1cc(C)c(Br)c1C(N)=O.[K+]. The van der Waals surface area contributed by atoms with Gasteiger partial charge in [-0.15, -0.1) is 7.05 Å². The quantitative estimate of drug-likeness (QED) is 0.732. The number of aryl methyl sites for hydroxylation is 1. The number of primary amides is 1. The molecule has 0 fully saturated rings. The molecule has 1 aromatic rings. The monoisotopic (exact) mass is 299 g/mol. The van der Waals surface area contributed by atoms with E-state index in [9.17, 15) is 4.79 Å². The second kappa shape index (κ2) is 8.78. The Morgan fingerprint density at radius 3 is 2.27 bits per heavy atom. The van der Waals surface area contributed by atoms with Gasteiger partial charge in [-0.1, -0.05) is 13.8 Å². The number of carbonyl (C=O) groups is 1. The molecule has 0 saturated heterocycles. The Bertz CT molecular complexity index is 325. The van der Waals surface area contributed by atoms with Crippen LogP contribution in [0.3, 0.4) is 0 Å². The van der Waals surface area contributed by atoms with Crippen LogP contribution in [-0.4, -0.2) is 17.6 Å². The summed E-state index contributed by atoms with van der Waals surface area (Å²) < 4.78 is 2.17. The van der Waals surface area contributed by atoms with Crippen molar-refractivity contribution >= 4 is 21.8 Å². The van der Waals surface area contributed by atoms with Crippen molar-refractivity contribution in [3.05, 3.63) is 27.4 Å². The van der Waals surface area contributed by atoms with Gasteiger partial charge in [0.15, 0.2) is 0 Å². The fraction of sp³-hybridized carbons (Fsp3) is 0.444. The van der Waals surface area contributed by atoms with E-state index in [0.29, 0.717) is 10.2 Å². The predicted octanol–water partition coefficient (Wildman–Crippen LogP) is -0.545. The van der Waals surface area contributed by atoms with Crippen LogP contribution in [-0.2, 0) is 0 Å². The summed E-state index contributed by atoms with van der Waals surface area (Å²) in [6.45, 7) is 5.87. The molecule has 1 aromatic heterocycles. The van der Waals surface area contributed by atoms with Crippen molar-refractivity contribution in [3.63, 3.8) is 0 Å². The van der Waals surface area contributed by atoms with Crippen molar-refractivity contribution in [2.24, 2.45) is 5.73 Å². The van der Waals surface area contributed by atoms with E-state index in [2.05, 4.69) is 21.4 Å². The molecule has 0 radical (unpaired) electrons. The molecule has 0 aromatic carbocycles. The van der Waals surface area contributed by atoms with Gasteiger partial charge in [0.05, 0.1) is 4.47 Å². The number of amides is 1. The zero-order valence-corrected chi connectivity index (χ0v) is 14.5. The van der Waals surface area contributed by atoms with Crippen molar-refractivity contribution in [1.29, 1.82) is 0 Å². The van der Waals surface area contributed by atoms with E-state index in [1.54, 1.807) is 13.2 Å². The molecule has 1 rings (SSSR count).